The summed E-state index contributed by atoms with van der Waals surface area (Å²) in [4.78, 5) is 25.1. The SMILES string of the molecule is CCCn1c(C(=O)NCc2ccco2)cc2cc(F)c(F)cc2c1=O. The molecule has 1 N–H and O–H groups in total. The zero-order valence-electron chi connectivity index (χ0n) is 13.5. The Labute approximate surface area is 141 Å². The number of nitrogens with zero attached hydrogens (tertiary/aromatic N) is 1. The molecule has 0 saturated heterocycles. The molecule has 0 aliphatic heterocycles. The Morgan fingerprint density at radius 1 is 1.24 bits per heavy atom. The molecule has 0 saturated carbocycles. The predicted molar refractivity (Wildman–Crippen MR) is 88.3 cm³/mol. The van der Waals surface area contributed by atoms with Gasteiger partial charge in [0.25, 0.3) is 11.5 Å². The minimum Gasteiger partial charge on any atom is -0.467 e. The number of benzene rings is 1. The molecule has 7 heteroatoms. The molecule has 0 spiro atoms. The van der Waals surface area contributed by atoms with Crippen LogP contribution in [0.3, 0.4) is 0 Å². The van der Waals surface area contributed by atoms with Crippen LogP contribution in [-0.4, -0.2) is 10.5 Å². The van der Waals surface area contributed by atoms with Gasteiger partial charge in [-0.15, -0.1) is 0 Å². The summed E-state index contributed by atoms with van der Waals surface area (Å²) in [5.41, 5.74) is -0.432. The van der Waals surface area contributed by atoms with Crippen molar-refractivity contribution in [3.05, 3.63) is 70.0 Å². The third-order valence-corrected chi connectivity index (χ3v) is 3.83. The Hall–Kier alpha value is -2.96. The fourth-order valence-corrected chi connectivity index (χ4v) is 2.65. The molecule has 25 heavy (non-hydrogen) atoms. The van der Waals surface area contributed by atoms with Crippen molar-refractivity contribution in [2.45, 2.75) is 26.4 Å². The standard InChI is InChI=1S/C18H16F2N2O3/c1-2-5-22-16(17(23)21-10-12-4-3-6-25-12)8-11-7-14(19)15(20)9-13(11)18(22)24/h3-4,6-9H,2,5,10H2,1H3,(H,21,23). The first kappa shape index (κ1) is 16.9. The second kappa shape index (κ2) is 6.88. The average molecular weight is 346 g/mol. The minimum absolute atomic E-state index is 0.0370. The van der Waals surface area contributed by atoms with E-state index in [0.717, 1.165) is 12.1 Å². The fourth-order valence-electron chi connectivity index (χ4n) is 2.65. The number of pyridine rings is 1. The number of amides is 1. The Morgan fingerprint density at radius 3 is 2.68 bits per heavy atom. The highest BCUT2D eigenvalue weighted by molar-refractivity contribution is 5.96. The first-order valence-electron chi connectivity index (χ1n) is 7.84. The molecule has 0 unspecified atom stereocenters. The van der Waals surface area contributed by atoms with Crippen LogP contribution in [0.15, 0.2) is 45.8 Å². The van der Waals surface area contributed by atoms with Gasteiger partial charge >= 0.3 is 0 Å². The van der Waals surface area contributed by atoms with Crippen molar-refractivity contribution < 1.29 is 18.0 Å². The molecule has 0 aliphatic carbocycles. The molecular weight excluding hydrogens is 330 g/mol. The first-order chi connectivity index (χ1) is 12.0. The summed E-state index contributed by atoms with van der Waals surface area (Å²) in [7, 11) is 0. The lowest BCUT2D eigenvalue weighted by Crippen LogP contribution is -2.32. The summed E-state index contributed by atoms with van der Waals surface area (Å²) in [5, 5.41) is 2.87. The lowest BCUT2D eigenvalue weighted by molar-refractivity contribution is 0.0937. The van der Waals surface area contributed by atoms with E-state index in [2.05, 4.69) is 5.32 Å². The van der Waals surface area contributed by atoms with Gasteiger partial charge in [-0.1, -0.05) is 6.92 Å². The molecule has 5 nitrogen and oxygen atoms in total. The Bertz CT molecular complexity index is 978. The minimum atomic E-state index is -1.09. The quantitative estimate of drug-likeness (QED) is 0.771. The number of carbonyl (C=O) groups excluding carboxylic acids is 1. The summed E-state index contributed by atoms with van der Waals surface area (Å²) in [6.45, 7) is 2.30. The summed E-state index contributed by atoms with van der Waals surface area (Å²) in [5.74, 6) is -2.09. The van der Waals surface area contributed by atoms with Crippen molar-refractivity contribution in [1.82, 2.24) is 9.88 Å². The van der Waals surface area contributed by atoms with Crippen molar-refractivity contribution in [2.75, 3.05) is 0 Å². The lowest BCUT2D eigenvalue weighted by atomic mass is 10.1. The monoisotopic (exact) mass is 346 g/mol. The van der Waals surface area contributed by atoms with Crippen LogP contribution >= 0.6 is 0 Å². The van der Waals surface area contributed by atoms with Gasteiger partial charge in [0.15, 0.2) is 11.6 Å². The maximum Gasteiger partial charge on any atom is 0.268 e. The Morgan fingerprint density at radius 2 is 2.00 bits per heavy atom. The second-order valence-electron chi connectivity index (χ2n) is 5.60. The molecule has 2 heterocycles. The summed E-state index contributed by atoms with van der Waals surface area (Å²) in [6, 6.07) is 6.58. The third kappa shape index (κ3) is 3.31. The number of carbonyl (C=O) groups is 1. The van der Waals surface area contributed by atoms with Crippen molar-refractivity contribution in [2.24, 2.45) is 0 Å². The largest absolute Gasteiger partial charge is 0.467 e. The van der Waals surface area contributed by atoms with E-state index >= 15 is 0 Å². The van der Waals surface area contributed by atoms with Gasteiger partial charge in [0, 0.05) is 6.54 Å². The highest BCUT2D eigenvalue weighted by Gasteiger charge is 2.17. The van der Waals surface area contributed by atoms with Gasteiger partial charge < -0.3 is 14.3 Å². The number of aromatic nitrogens is 1. The molecule has 1 amide bonds. The van der Waals surface area contributed by atoms with Crippen LogP contribution in [0.5, 0.6) is 0 Å². The van der Waals surface area contributed by atoms with Gasteiger partial charge in [0.2, 0.25) is 0 Å². The number of furan rings is 1. The van der Waals surface area contributed by atoms with Gasteiger partial charge in [0.1, 0.15) is 11.5 Å². The van der Waals surface area contributed by atoms with Crippen LogP contribution in [-0.2, 0) is 13.1 Å². The Balaban J connectivity index is 2.05. The van der Waals surface area contributed by atoms with E-state index in [1.807, 2.05) is 6.92 Å². The van der Waals surface area contributed by atoms with Crippen LogP contribution in [0.2, 0.25) is 0 Å². The maximum absolute atomic E-state index is 13.5. The third-order valence-electron chi connectivity index (χ3n) is 3.83. The van der Waals surface area contributed by atoms with Crippen LogP contribution in [0.1, 0.15) is 29.6 Å². The summed E-state index contributed by atoms with van der Waals surface area (Å²) in [6.07, 6.45) is 2.09. The molecule has 1 aromatic carbocycles. The molecular formula is C18H16F2N2O3. The highest BCUT2D eigenvalue weighted by Crippen LogP contribution is 2.17. The van der Waals surface area contributed by atoms with Crippen LogP contribution in [0.25, 0.3) is 10.8 Å². The molecule has 3 rings (SSSR count). The topological polar surface area (TPSA) is 64.2 Å². The van der Waals surface area contributed by atoms with Crippen LogP contribution in [0.4, 0.5) is 8.78 Å². The highest BCUT2D eigenvalue weighted by atomic mass is 19.2. The predicted octanol–water partition coefficient (Wildman–Crippen LogP) is 3.21. The molecule has 0 radical (unpaired) electrons. The number of hydrogen-bond acceptors (Lipinski definition) is 3. The normalized spacial score (nSPS) is 11.0. The average Bonchev–Trinajstić information content (AvgIpc) is 3.10. The molecule has 0 atom stereocenters. The van der Waals surface area contributed by atoms with Crippen LogP contribution < -0.4 is 10.9 Å². The molecule has 0 aliphatic rings. The number of rotatable bonds is 5. The van der Waals surface area contributed by atoms with E-state index in [0.29, 0.717) is 12.2 Å². The van der Waals surface area contributed by atoms with E-state index < -0.39 is 23.1 Å². The van der Waals surface area contributed by atoms with E-state index in [1.165, 1.54) is 16.9 Å². The van der Waals surface area contributed by atoms with Gasteiger partial charge in [0.05, 0.1) is 18.2 Å². The zero-order chi connectivity index (χ0) is 18.0. The van der Waals surface area contributed by atoms with E-state index in [-0.39, 0.29) is 29.6 Å². The van der Waals surface area contributed by atoms with Crippen molar-refractivity contribution in [1.29, 1.82) is 0 Å². The summed E-state index contributed by atoms with van der Waals surface area (Å²) >= 11 is 0. The first-order valence-corrected chi connectivity index (χ1v) is 7.84. The number of nitrogens with one attached hydrogen (secondary N) is 1. The number of hydrogen-bond donors (Lipinski definition) is 1. The lowest BCUT2D eigenvalue weighted by Gasteiger charge is -2.13. The van der Waals surface area contributed by atoms with Crippen molar-refractivity contribution >= 4 is 16.7 Å². The molecule has 0 fully saturated rings. The number of fused-ring (bicyclic) bond motifs is 1. The smallest absolute Gasteiger partial charge is 0.268 e. The van der Waals surface area contributed by atoms with Crippen molar-refractivity contribution in [3.63, 3.8) is 0 Å². The van der Waals surface area contributed by atoms with Crippen molar-refractivity contribution in [3.8, 4) is 0 Å². The second-order valence-corrected chi connectivity index (χ2v) is 5.60. The van der Waals surface area contributed by atoms with Crippen LogP contribution in [0, 0.1) is 11.6 Å². The van der Waals surface area contributed by atoms with Gasteiger partial charge in [-0.2, -0.15) is 0 Å². The van der Waals surface area contributed by atoms with E-state index in [1.54, 1.807) is 12.1 Å². The molecule has 0 bridgehead atoms. The molecule has 2 aromatic heterocycles. The van der Waals surface area contributed by atoms with E-state index in [9.17, 15) is 18.4 Å². The Kier molecular flexibility index (Phi) is 4.65. The maximum atomic E-state index is 13.5. The fraction of sp³-hybridized carbons (Fsp3) is 0.222. The number of halogens is 2. The van der Waals surface area contributed by atoms with E-state index in [4.69, 9.17) is 4.42 Å². The zero-order valence-corrected chi connectivity index (χ0v) is 13.5. The van der Waals surface area contributed by atoms with Gasteiger partial charge in [-0.3, -0.25) is 9.59 Å². The summed E-state index contributed by atoms with van der Waals surface area (Å²) < 4.78 is 33.4. The molecule has 130 valence electrons. The van der Waals surface area contributed by atoms with Gasteiger partial charge in [-0.25, -0.2) is 8.78 Å². The van der Waals surface area contributed by atoms with Gasteiger partial charge in [-0.05, 0) is 42.1 Å². The molecule has 3 aromatic rings.